The zero-order chi connectivity index (χ0) is 36.0. The van der Waals surface area contributed by atoms with E-state index >= 15 is 0 Å². The van der Waals surface area contributed by atoms with Crippen molar-refractivity contribution in [1.82, 2.24) is 4.90 Å². The van der Waals surface area contributed by atoms with Crippen LogP contribution in [0.4, 0.5) is 0 Å². The second kappa shape index (κ2) is 11.9. The summed E-state index contributed by atoms with van der Waals surface area (Å²) in [7, 11) is 1.73. The highest BCUT2D eigenvalue weighted by Gasteiger charge is 2.70. The number of nitrogens with zero attached hydrogens (tertiary/aromatic N) is 1. The van der Waals surface area contributed by atoms with Crippen molar-refractivity contribution < 1.29 is 34.1 Å². The molecule has 4 saturated carbocycles. The van der Waals surface area contributed by atoms with E-state index in [2.05, 4.69) is 48.5 Å². The van der Waals surface area contributed by atoms with Gasteiger partial charge in [-0.3, -0.25) is 19.2 Å². The Morgan fingerprint density at radius 2 is 1.58 bits per heavy atom. The lowest BCUT2D eigenvalue weighted by atomic mass is 9.33. The first-order chi connectivity index (χ1) is 22.0. The number of rotatable bonds is 8. The number of allylic oxidation sites excluding steroid dienone is 1. The molecule has 8 nitrogen and oxygen atoms in total. The number of amides is 1. The number of Topliss-reactive ketones (excluding diaryl/α,β-unsaturated/α-hetero) is 1. The topological polar surface area (TPSA) is 121 Å². The highest BCUT2D eigenvalue weighted by atomic mass is 16.5. The van der Waals surface area contributed by atoms with Crippen molar-refractivity contribution in [3.05, 3.63) is 11.1 Å². The quantitative estimate of drug-likeness (QED) is 0.262. The molecule has 0 aromatic heterocycles. The van der Waals surface area contributed by atoms with Gasteiger partial charge in [-0.25, -0.2) is 0 Å². The summed E-state index contributed by atoms with van der Waals surface area (Å²) in [4.78, 5) is 52.4. The van der Waals surface area contributed by atoms with Crippen LogP contribution in [0.2, 0.25) is 0 Å². The Morgan fingerprint density at radius 3 is 2.17 bits per heavy atom. The van der Waals surface area contributed by atoms with Gasteiger partial charge in [-0.1, -0.05) is 54.0 Å². The molecule has 9 atom stereocenters. The molecule has 0 bridgehead atoms. The molecule has 2 N–H and O–H groups in total. The largest absolute Gasteiger partial charge is 0.481 e. The Bertz CT molecular complexity index is 1400. The molecule has 4 fully saturated rings. The first kappa shape index (κ1) is 37.0. The second-order valence-electron chi connectivity index (χ2n) is 19.0. The first-order valence-corrected chi connectivity index (χ1v) is 18.6. The number of ketones is 1. The van der Waals surface area contributed by atoms with Gasteiger partial charge in [0.25, 0.3) is 0 Å². The molecule has 5 rings (SSSR count). The van der Waals surface area contributed by atoms with Crippen molar-refractivity contribution in [2.45, 2.75) is 146 Å². The van der Waals surface area contributed by atoms with E-state index in [-0.39, 0.29) is 64.3 Å². The van der Waals surface area contributed by atoms with Crippen LogP contribution in [0.1, 0.15) is 133 Å². The molecule has 0 saturated heterocycles. The minimum absolute atomic E-state index is 0.0281. The van der Waals surface area contributed by atoms with Crippen LogP contribution in [-0.4, -0.2) is 64.5 Å². The number of likely N-dealkylation sites (N-methyl/N-ethyl adjacent to an activating group) is 1. The number of carbonyl (C=O) groups is 4. The molecule has 5 aliphatic carbocycles. The van der Waals surface area contributed by atoms with Crippen LogP contribution < -0.4 is 0 Å². The predicted molar refractivity (Wildman–Crippen MR) is 185 cm³/mol. The number of esters is 1. The number of carboxylic acids is 1. The van der Waals surface area contributed by atoms with Crippen LogP contribution in [0.15, 0.2) is 11.1 Å². The van der Waals surface area contributed by atoms with E-state index in [0.717, 1.165) is 56.9 Å². The van der Waals surface area contributed by atoms with Crippen LogP contribution in [0, 0.1) is 56.2 Å². The fraction of sp³-hybridized carbons (Fsp3) is 0.850. The molecular formula is C40H63NO7. The lowest BCUT2D eigenvalue weighted by Gasteiger charge is -2.72. The van der Waals surface area contributed by atoms with Crippen LogP contribution in [0.25, 0.3) is 0 Å². The number of hydrogen-bond acceptors (Lipinski definition) is 6. The van der Waals surface area contributed by atoms with Crippen molar-refractivity contribution >= 4 is 23.6 Å². The summed E-state index contributed by atoms with van der Waals surface area (Å²) in [6, 6.07) is 0. The molecule has 0 aromatic rings. The van der Waals surface area contributed by atoms with Crippen LogP contribution in [-0.2, 0) is 23.9 Å². The molecule has 5 aliphatic rings. The van der Waals surface area contributed by atoms with Gasteiger partial charge in [-0.2, -0.15) is 0 Å². The molecule has 8 heteroatoms. The van der Waals surface area contributed by atoms with Gasteiger partial charge in [0.15, 0.2) is 5.78 Å². The lowest BCUT2D eigenvalue weighted by molar-refractivity contribution is -0.235. The zero-order valence-corrected chi connectivity index (χ0v) is 31.6. The number of carbonyl (C=O) groups excluding carboxylic acids is 3. The van der Waals surface area contributed by atoms with Gasteiger partial charge in [0.2, 0.25) is 5.91 Å². The molecule has 0 aliphatic heterocycles. The van der Waals surface area contributed by atoms with Gasteiger partial charge in [-0.05, 0) is 111 Å². The van der Waals surface area contributed by atoms with Crippen LogP contribution in [0.3, 0.4) is 0 Å². The third-order valence-corrected chi connectivity index (χ3v) is 15.5. The van der Waals surface area contributed by atoms with Crippen molar-refractivity contribution in [2.24, 2.45) is 56.2 Å². The van der Waals surface area contributed by atoms with Crippen molar-refractivity contribution in [1.29, 1.82) is 0 Å². The van der Waals surface area contributed by atoms with Crippen molar-refractivity contribution in [2.75, 3.05) is 13.6 Å². The monoisotopic (exact) mass is 669 g/mol. The lowest BCUT2D eigenvalue weighted by Crippen LogP contribution is -2.66. The summed E-state index contributed by atoms with van der Waals surface area (Å²) in [6.45, 7) is 21.1. The summed E-state index contributed by atoms with van der Waals surface area (Å²) in [5.41, 5.74) is 0.141. The van der Waals surface area contributed by atoms with Gasteiger partial charge in [0, 0.05) is 37.8 Å². The fourth-order valence-electron chi connectivity index (χ4n) is 12.5. The molecule has 0 aromatic carbocycles. The summed E-state index contributed by atoms with van der Waals surface area (Å²) >= 11 is 0. The summed E-state index contributed by atoms with van der Waals surface area (Å²) in [5.74, 6) is -0.231. The Kier molecular flexibility index (Phi) is 9.22. The van der Waals surface area contributed by atoms with E-state index in [1.807, 2.05) is 0 Å². The third kappa shape index (κ3) is 5.31. The van der Waals surface area contributed by atoms with Crippen LogP contribution in [0.5, 0.6) is 0 Å². The van der Waals surface area contributed by atoms with E-state index < -0.39 is 28.9 Å². The van der Waals surface area contributed by atoms with Crippen molar-refractivity contribution in [3.8, 4) is 0 Å². The average Bonchev–Trinajstić information content (AvgIpc) is 3.27. The minimum Gasteiger partial charge on any atom is -0.481 e. The van der Waals surface area contributed by atoms with Crippen LogP contribution >= 0.6 is 0 Å². The zero-order valence-electron chi connectivity index (χ0n) is 31.6. The standard InChI is InChI=1S/C40H63NO7/c1-23(2)32-26(43)20-40(29(44)22-41(11)24(3)42)19-18-38(9)25(33(32)40)12-13-28-37(8)16-15-30(48-31(45)21-35(4,5)34(46)47)36(6,7)27(37)14-17-39(28,38)10/h23,25,27-30,44H,12-22H2,1-11H3,(H,46,47)/t25-,27-,28-,29+,30+,37+,38-,39-,40+/m1/s1. The Balaban J connectivity index is 1.46. The van der Waals surface area contributed by atoms with Gasteiger partial charge >= 0.3 is 11.9 Å². The summed E-state index contributed by atoms with van der Waals surface area (Å²) in [5, 5.41) is 21.5. The maximum Gasteiger partial charge on any atom is 0.309 e. The minimum atomic E-state index is -1.17. The predicted octanol–water partition coefficient (Wildman–Crippen LogP) is 7.22. The molecule has 0 radical (unpaired) electrons. The maximum absolute atomic E-state index is 13.9. The highest BCUT2D eigenvalue weighted by Crippen LogP contribution is 2.77. The van der Waals surface area contributed by atoms with Gasteiger partial charge < -0.3 is 19.8 Å². The summed E-state index contributed by atoms with van der Waals surface area (Å²) < 4.78 is 6.13. The summed E-state index contributed by atoms with van der Waals surface area (Å²) in [6.07, 6.45) is 6.70. The number of ether oxygens (including phenoxy) is 1. The van der Waals surface area contributed by atoms with E-state index in [0.29, 0.717) is 18.3 Å². The van der Waals surface area contributed by atoms with E-state index in [9.17, 15) is 29.4 Å². The number of aliphatic hydroxyl groups excluding tert-OH is 1. The van der Waals surface area contributed by atoms with E-state index in [1.165, 1.54) is 12.5 Å². The van der Waals surface area contributed by atoms with Gasteiger partial charge in [0.05, 0.1) is 17.9 Å². The smallest absolute Gasteiger partial charge is 0.309 e. The van der Waals surface area contributed by atoms with Gasteiger partial charge in [-0.15, -0.1) is 0 Å². The number of hydrogen-bond donors (Lipinski definition) is 2. The first-order valence-electron chi connectivity index (χ1n) is 18.6. The second-order valence-corrected chi connectivity index (χ2v) is 19.0. The highest BCUT2D eigenvalue weighted by molar-refractivity contribution is 6.00. The maximum atomic E-state index is 13.9. The number of carboxylic acid groups (broad SMARTS) is 1. The average molecular weight is 670 g/mol. The Labute approximate surface area is 288 Å². The SMILES string of the molecule is CC(=O)N(C)C[C@H](O)[C@@]12CC[C@]3(C)[C@H](CC[C@@H]4[C@@]5(C)CC[C@H](OC(=O)CC(C)(C)C(=O)O)C(C)(C)[C@H]5CC[C@]43C)C1=C(C(C)C)C(=O)C2. The van der Waals surface area contributed by atoms with Crippen molar-refractivity contribution in [3.63, 3.8) is 0 Å². The molecule has 1 amide bonds. The van der Waals surface area contributed by atoms with E-state index in [1.54, 1.807) is 25.8 Å². The third-order valence-electron chi connectivity index (χ3n) is 15.5. The molecule has 48 heavy (non-hydrogen) atoms. The number of aliphatic hydroxyl groups is 1. The molecule has 0 spiro atoms. The molecule has 0 heterocycles. The Morgan fingerprint density at radius 1 is 0.938 bits per heavy atom. The molecule has 270 valence electrons. The van der Waals surface area contributed by atoms with Gasteiger partial charge in [0.1, 0.15) is 6.10 Å². The number of aliphatic carboxylic acids is 1. The number of fused-ring (bicyclic) bond motifs is 7. The fourth-order valence-corrected chi connectivity index (χ4v) is 12.5. The van der Waals surface area contributed by atoms with E-state index in [4.69, 9.17) is 4.74 Å². The normalized spacial score (nSPS) is 39.6. The molecule has 0 unspecified atom stereocenters. The molecular weight excluding hydrogens is 606 g/mol. The Hall–Kier alpha value is -2.22.